The highest BCUT2D eigenvalue weighted by molar-refractivity contribution is 5.81. The molecule has 0 radical (unpaired) electrons. The maximum absolute atomic E-state index is 13.1. The van der Waals surface area contributed by atoms with Crippen molar-refractivity contribution in [3.05, 3.63) is 107 Å². The van der Waals surface area contributed by atoms with Crippen molar-refractivity contribution in [2.75, 3.05) is 0 Å². The summed E-state index contributed by atoms with van der Waals surface area (Å²) in [4.78, 5) is 17.6. The van der Waals surface area contributed by atoms with Crippen LogP contribution in [0.3, 0.4) is 0 Å². The van der Waals surface area contributed by atoms with Crippen LogP contribution in [0.25, 0.3) is 28.6 Å². The minimum atomic E-state index is -0.280. The van der Waals surface area contributed by atoms with E-state index < -0.39 is 0 Å². The molecule has 4 heteroatoms. The van der Waals surface area contributed by atoms with Crippen molar-refractivity contribution in [3.63, 3.8) is 0 Å². The first kappa shape index (κ1) is 15.8. The van der Waals surface area contributed by atoms with Crippen LogP contribution < -0.4 is 5.56 Å². The lowest BCUT2D eigenvalue weighted by atomic mass is 10.1. The molecule has 26 heavy (non-hydrogen) atoms. The minimum Gasteiger partial charge on any atom is -0.507 e. The largest absolute Gasteiger partial charge is 0.507 e. The van der Waals surface area contributed by atoms with Crippen molar-refractivity contribution in [2.24, 2.45) is 0 Å². The predicted molar refractivity (Wildman–Crippen MR) is 104 cm³/mol. The molecular formula is C22H16N2O2. The fraction of sp³-hybridized carbons (Fsp3) is 0. The van der Waals surface area contributed by atoms with Crippen molar-refractivity contribution in [2.45, 2.75) is 0 Å². The number of rotatable bonds is 3. The Balaban J connectivity index is 1.98. The molecule has 4 nitrogen and oxygen atoms in total. The number of fused-ring (bicyclic) bond motifs is 1. The zero-order valence-corrected chi connectivity index (χ0v) is 13.9. The van der Waals surface area contributed by atoms with Gasteiger partial charge in [-0.25, -0.2) is 4.98 Å². The maximum atomic E-state index is 13.1. The van der Waals surface area contributed by atoms with Gasteiger partial charge in [-0.1, -0.05) is 60.7 Å². The lowest BCUT2D eigenvalue weighted by molar-refractivity contribution is 0.515. The van der Waals surface area contributed by atoms with E-state index in [9.17, 15) is 9.90 Å². The van der Waals surface area contributed by atoms with E-state index >= 15 is 0 Å². The Bertz CT molecular complexity index is 1150. The molecule has 1 aromatic heterocycles. The number of hydrogen-bond donors (Lipinski definition) is 1. The number of para-hydroxylation sites is 3. The Hall–Kier alpha value is -3.66. The molecule has 1 N–H and O–H groups in total. The fourth-order valence-electron chi connectivity index (χ4n) is 2.90. The van der Waals surface area contributed by atoms with Gasteiger partial charge >= 0.3 is 0 Å². The van der Waals surface area contributed by atoms with Crippen LogP contribution in [0.4, 0.5) is 0 Å². The SMILES string of the molecule is O=c1c(/C=C(/O)c2ccccc2)nc2ccccc2n1-c1ccccc1. The van der Waals surface area contributed by atoms with Crippen molar-refractivity contribution in [1.82, 2.24) is 9.55 Å². The number of nitrogens with zero attached hydrogens (tertiary/aromatic N) is 2. The molecule has 0 bridgehead atoms. The maximum Gasteiger partial charge on any atom is 0.281 e. The van der Waals surface area contributed by atoms with Gasteiger partial charge in [0, 0.05) is 17.3 Å². The summed E-state index contributed by atoms with van der Waals surface area (Å²) < 4.78 is 1.62. The van der Waals surface area contributed by atoms with Crippen LogP contribution in [-0.4, -0.2) is 14.7 Å². The van der Waals surface area contributed by atoms with E-state index in [-0.39, 0.29) is 17.0 Å². The first-order valence-electron chi connectivity index (χ1n) is 8.27. The van der Waals surface area contributed by atoms with Crippen molar-refractivity contribution in [3.8, 4) is 5.69 Å². The number of aromatic nitrogens is 2. The molecule has 0 aliphatic rings. The fourth-order valence-corrected chi connectivity index (χ4v) is 2.90. The standard InChI is InChI=1S/C22H16N2O2/c25-21(16-9-3-1-4-10-16)15-19-22(26)24(17-11-5-2-6-12-17)20-14-8-7-13-18(20)23-19/h1-15,25H/b21-15+. The average Bonchev–Trinajstić information content (AvgIpc) is 2.70. The number of benzene rings is 3. The summed E-state index contributed by atoms with van der Waals surface area (Å²) in [5.74, 6) is 0.00472. The second-order valence-corrected chi connectivity index (χ2v) is 5.86. The van der Waals surface area contributed by atoms with Gasteiger partial charge in [-0.3, -0.25) is 9.36 Å². The van der Waals surface area contributed by atoms with E-state index in [0.717, 1.165) is 11.2 Å². The Morgan fingerprint density at radius 3 is 2.19 bits per heavy atom. The van der Waals surface area contributed by atoms with E-state index in [1.807, 2.05) is 72.8 Å². The summed E-state index contributed by atoms with van der Waals surface area (Å²) in [5, 5.41) is 10.4. The summed E-state index contributed by atoms with van der Waals surface area (Å²) >= 11 is 0. The van der Waals surface area contributed by atoms with Gasteiger partial charge in [-0.15, -0.1) is 0 Å². The van der Waals surface area contributed by atoms with Gasteiger partial charge in [-0.2, -0.15) is 0 Å². The van der Waals surface area contributed by atoms with Gasteiger partial charge in [0.25, 0.3) is 5.56 Å². The Labute approximate surface area is 150 Å². The van der Waals surface area contributed by atoms with Gasteiger partial charge < -0.3 is 5.11 Å². The first-order valence-corrected chi connectivity index (χ1v) is 8.27. The van der Waals surface area contributed by atoms with Crippen molar-refractivity contribution < 1.29 is 5.11 Å². The molecule has 0 aliphatic carbocycles. The van der Waals surface area contributed by atoms with Crippen LogP contribution in [0.15, 0.2) is 89.7 Å². The smallest absolute Gasteiger partial charge is 0.281 e. The van der Waals surface area contributed by atoms with E-state index in [4.69, 9.17) is 0 Å². The lowest BCUT2D eigenvalue weighted by Crippen LogP contribution is -2.22. The van der Waals surface area contributed by atoms with E-state index in [1.165, 1.54) is 6.08 Å². The molecule has 1 heterocycles. The van der Waals surface area contributed by atoms with Crippen LogP contribution in [0.5, 0.6) is 0 Å². The van der Waals surface area contributed by atoms with Gasteiger partial charge in [0.1, 0.15) is 11.5 Å². The molecule has 0 amide bonds. The third kappa shape index (κ3) is 2.89. The Kier molecular flexibility index (Phi) is 4.07. The molecule has 0 unspecified atom stereocenters. The van der Waals surface area contributed by atoms with Crippen molar-refractivity contribution in [1.29, 1.82) is 0 Å². The number of hydrogen-bond acceptors (Lipinski definition) is 3. The molecule has 4 rings (SSSR count). The molecule has 0 atom stereocenters. The summed E-state index contributed by atoms with van der Waals surface area (Å²) in [6.45, 7) is 0. The number of aliphatic hydroxyl groups is 1. The summed E-state index contributed by atoms with van der Waals surface area (Å²) in [6, 6.07) is 26.0. The van der Waals surface area contributed by atoms with Crippen LogP contribution >= 0.6 is 0 Å². The number of aliphatic hydroxyl groups excluding tert-OH is 1. The molecule has 126 valence electrons. The zero-order chi connectivity index (χ0) is 17.9. The molecular weight excluding hydrogens is 324 g/mol. The van der Waals surface area contributed by atoms with Crippen LogP contribution in [0.1, 0.15) is 11.3 Å². The lowest BCUT2D eigenvalue weighted by Gasteiger charge is -2.11. The highest BCUT2D eigenvalue weighted by atomic mass is 16.3. The van der Waals surface area contributed by atoms with Crippen LogP contribution in [0, 0.1) is 0 Å². The molecule has 0 saturated carbocycles. The second-order valence-electron chi connectivity index (χ2n) is 5.86. The van der Waals surface area contributed by atoms with Gasteiger partial charge in [0.05, 0.1) is 11.0 Å². The van der Waals surface area contributed by atoms with Gasteiger partial charge in [-0.05, 0) is 24.3 Å². The summed E-state index contributed by atoms with van der Waals surface area (Å²) in [6.07, 6.45) is 1.42. The van der Waals surface area contributed by atoms with Crippen LogP contribution in [-0.2, 0) is 0 Å². The third-order valence-corrected chi connectivity index (χ3v) is 4.14. The zero-order valence-electron chi connectivity index (χ0n) is 13.9. The van der Waals surface area contributed by atoms with Gasteiger partial charge in [0.15, 0.2) is 0 Å². The molecule has 0 saturated heterocycles. The van der Waals surface area contributed by atoms with E-state index in [0.29, 0.717) is 11.1 Å². The van der Waals surface area contributed by atoms with E-state index in [1.54, 1.807) is 16.7 Å². The molecule has 0 spiro atoms. The molecule has 0 fully saturated rings. The molecule has 0 aliphatic heterocycles. The average molecular weight is 340 g/mol. The Morgan fingerprint density at radius 2 is 1.46 bits per heavy atom. The third-order valence-electron chi connectivity index (χ3n) is 4.14. The highest BCUT2D eigenvalue weighted by Crippen LogP contribution is 2.18. The first-order chi connectivity index (χ1) is 12.7. The normalized spacial score (nSPS) is 11.6. The monoisotopic (exact) mass is 340 g/mol. The molecule has 3 aromatic carbocycles. The molecule has 4 aromatic rings. The minimum absolute atomic E-state index is 0.00472. The topological polar surface area (TPSA) is 55.1 Å². The van der Waals surface area contributed by atoms with Crippen LogP contribution in [0.2, 0.25) is 0 Å². The summed E-state index contributed by atoms with van der Waals surface area (Å²) in [5.41, 5.74) is 2.70. The quantitative estimate of drug-likeness (QED) is 0.561. The summed E-state index contributed by atoms with van der Waals surface area (Å²) in [7, 11) is 0. The highest BCUT2D eigenvalue weighted by Gasteiger charge is 2.12. The Morgan fingerprint density at radius 1 is 0.846 bits per heavy atom. The predicted octanol–water partition coefficient (Wildman–Crippen LogP) is 4.44. The van der Waals surface area contributed by atoms with E-state index in [2.05, 4.69) is 4.98 Å². The second kappa shape index (κ2) is 6.69. The van der Waals surface area contributed by atoms with Gasteiger partial charge in [0.2, 0.25) is 0 Å². The van der Waals surface area contributed by atoms with Crippen molar-refractivity contribution >= 4 is 22.9 Å².